The van der Waals surface area contributed by atoms with Crippen LogP contribution in [0.1, 0.15) is 43.4 Å². The Morgan fingerprint density at radius 1 is 1.02 bits per heavy atom. The number of ether oxygens (including phenoxy) is 2. The quantitative estimate of drug-likeness (QED) is 0.306. The number of likely N-dealkylation sites (tertiary alicyclic amines) is 1. The van der Waals surface area contributed by atoms with Gasteiger partial charge in [0, 0.05) is 23.0 Å². The Morgan fingerprint density at radius 3 is 2.36 bits per heavy atom. The third kappa shape index (κ3) is 5.51. The summed E-state index contributed by atoms with van der Waals surface area (Å²) >= 11 is 1.19. The van der Waals surface area contributed by atoms with Crippen molar-refractivity contribution in [1.82, 2.24) is 10.2 Å². The second kappa shape index (κ2) is 11.3. The minimum absolute atomic E-state index is 0.0505. The molecule has 4 unspecified atom stereocenters. The summed E-state index contributed by atoms with van der Waals surface area (Å²) in [6.07, 6.45) is -2.15. The first-order valence-corrected chi connectivity index (χ1v) is 15.6. The van der Waals surface area contributed by atoms with Crippen LogP contribution in [-0.2, 0) is 19.9 Å². The fourth-order valence-corrected chi connectivity index (χ4v) is 7.72. The molecular formula is C33H36FN5O5S. The number of halogens is 1. The number of Topliss-reactive ketones (excluding diaryl/α,β-unsaturated/α-hetero) is 1. The van der Waals surface area contributed by atoms with Gasteiger partial charge in [-0.3, -0.25) is 9.59 Å². The Morgan fingerprint density at radius 2 is 1.69 bits per heavy atom. The fraction of sp³-hybridized carbons (Fsp3) is 0.364. The van der Waals surface area contributed by atoms with Crippen LogP contribution in [0.15, 0.2) is 71.6 Å². The summed E-state index contributed by atoms with van der Waals surface area (Å²) in [5.74, 6) is -0.460. The number of hydrogen-bond donors (Lipinski definition) is 4. The van der Waals surface area contributed by atoms with Crippen LogP contribution in [-0.4, -0.2) is 64.9 Å². The van der Waals surface area contributed by atoms with Crippen molar-refractivity contribution in [2.75, 3.05) is 18.8 Å². The molecule has 0 radical (unpaired) electrons. The third-order valence-corrected chi connectivity index (χ3v) is 9.86. The predicted molar refractivity (Wildman–Crippen MR) is 169 cm³/mol. The van der Waals surface area contributed by atoms with Crippen molar-refractivity contribution in [2.24, 2.45) is 11.5 Å². The molecule has 6 atom stereocenters. The van der Waals surface area contributed by atoms with Gasteiger partial charge in [0.1, 0.15) is 28.8 Å². The van der Waals surface area contributed by atoms with E-state index in [0.717, 1.165) is 0 Å². The van der Waals surface area contributed by atoms with Gasteiger partial charge >= 0.3 is 6.09 Å². The predicted octanol–water partition coefficient (Wildman–Crippen LogP) is 3.80. The molecule has 0 bridgehead atoms. The zero-order valence-electron chi connectivity index (χ0n) is 25.2. The van der Waals surface area contributed by atoms with Crippen LogP contribution >= 0.6 is 11.8 Å². The summed E-state index contributed by atoms with van der Waals surface area (Å²) in [5, 5.41) is 1.89. The average molecular weight is 634 g/mol. The van der Waals surface area contributed by atoms with Gasteiger partial charge in [-0.2, -0.15) is 0 Å². The van der Waals surface area contributed by atoms with E-state index in [1.807, 2.05) is 30.3 Å². The Bertz CT molecular complexity index is 1650. The minimum atomic E-state index is -1.60. The Hall–Kier alpha value is -4.13. The number of anilines is 1. The van der Waals surface area contributed by atoms with Crippen molar-refractivity contribution in [3.63, 3.8) is 0 Å². The molecule has 236 valence electrons. The molecule has 3 aromatic rings. The third-order valence-electron chi connectivity index (χ3n) is 8.41. The molecule has 6 rings (SSSR count). The maximum Gasteiger partial charge on any atom is 0.410 e. The van der Waals surface area contributed by atoms with Crippen LogP contribution in [0.2, 0.25) is 0 Å². The number of benzene rings is 3. The maximum atomic E-state index is 15.0. The SMILES string of the molecule is CC(C)(C)OC(=O)N1C[C@H](NC(=O)C2Sc3c(N)ccc4c3C2C(N)C(=O)C4(N)c2ccc(Oc3ccccc3)cc2)[C@@H](F)C1. The van der Waals surface area contributed by atoms with Crippen LogP contribution in [0, 0.1) is 0 Å². The molecular weight excluding hydrogens is 597 g/mol. The lowest BCUT2D eigenvalue weighted by atomic mass is 9.65. The lowest BCUT2D eigenvalue weighted by molar-refractivity contribution is -0.126. The highest BCUT2D eigenvalue weighted by Crippen LogP contribution is 2.56. The monoisotopic (exact) mass is 633 g/mol. The van der Waals surface area contributed by atoms with Gasteiger partial charge in [0.15, 0.2) is 5.78 Å². The van der Waals surface area contributed by atoms with E-state index in [0.29, 0.717) is 38.8 Å². The second-order valence-electron chi connectivity index (χ2n) is 12.7. The lowest BCUT2D eigenvalue weighted by Gasteiger charge is -2.41. The van der Waals surface area contributed by atoms with Crippen LogP contribution in [0.5, 0.6) is 11.5 Å². The summed E-state index contributed by atoms with van der Waals surface area (Å²) < 4.78 is 26.3. The zero-order valence-corrected chi connectivity index (χ0v) is 26.0. The molecule has 7 N–H and O–H groups in total. The highest BCUT2D eigenvalue weighted by atomic mass is 32.2. The van der Waals surface area contributed by atoms with Crippen LogP contribution in [0.4, 0.5) is 14.9 Å². The number of ketones is 1. The van der Waals surface area contributed by atoms with Crippen LogP contribution < -0.4 is 27.3 Å². The number of carbonyl (C=O) groups is 3. The molecule has 2 amide bonds. The van der Waals surface area contributed by atoms with Crippen molar-refractivity contribution in [3.05, 3.63) is 83.4 Å². The van der Waals surface area contributed by atoms with Gasteiger partial charge in [-0.05, 0) is 67.8 Å². The number of nitrogens with zero attached hydrogens (tertiary/aromatic N) is 1. The summed E-state index contributed by atoms with van der Waals surface area (Å²) in [5.41, 5.74) is 19.7. The average Bonchev–Trinajstić information content (AvgIpc) is 3.57. The smallest absolute Gasteiger partial charge is 0.410 e. The normalized spacial score (nSPS) is 27.2. The number of amides is 2. The number of hydrogen-bond acceptors (Lipinski definition) is 9. The summed E-state index contributed by atoms with van der Waals surface area (Å²) in [7, 11) is 0. The van der Waals surface area contributed by atoms with Gasteiger partial charge < -0.3 is 36.9 Å². The number of rotatable bonds is 5. The molecule has 1 saturated heterocycles. The number of nitrogens with two attached hydrogens (primary N) is 3. The van der Waals surface area contributed by atoms with E-state index < -0.39 is 58.3 Å². The number of para-hydroxylation sites is 1. The molecule has 45 heavy (non-hydrogen) atoms. The molecule has 2 aliphatic heterocycles. The lowest BCUT2D eigenvalue weighted by Crippen LogP contribution is -2.60. The van der Waals surface area contributed by atoms with Gasteiger partial charge in [0.05, 0.1) is 23.9 Å². The van der Waals surface area contributed by atoms with Crippen molar-refractivity contribution >= 4 is 35.2 Å². The summed E-state index contributed by atoms with van der Waals surface area (Å²) in [6, 6.07) is 17.5. The Balaban J connectivity index is 1.26. The number of alkyl halides is 1. The zero-order chi connectivity index (χ0) is 32.3. The van der Waals surface area contributed by atoms with Crippen molar-refractivity contribution in [2.45, 2.75) is 66.2 Å². The topological polar surface area (TPSA) is 163 Å². The molecule has 0 aromatic heterocycles. The molecule has 1 aliphatic carbocycles. The first kappa shape index (κ1) is 30.9. The van der Waals surface area contributed by atoms with Gasteiger partial charge in [0.2, 0.25) is 5.91 Å². The highest BCUT2D eigenvalue weighted by Gasteiger charge is 2.57. The van der Waals surface area contributed by atoms with E-state index in [1.54, 1.807) is 57.2 Å². The first-order chi connectivity index (χ1) is 21.3. The molecule has 3 aromatic carbocycles. The largest absolute Gasteiger partial charge is 0.457 e. The van der Waals surface area contributed by atoms with E-state index in [-0.39, 0.29) is 13.1 Å². The Labute approximate surface area is 264 Å². The second-order valence-corrected chi connectivity index (χ2v) is 13.8. The number of carbonyl (C=O) groups excluding carboxylic acids is 3. The van der Waals surface area contributed by atoms with E-state index in [2.05, 4.69) is 5.32 Å². The van der Waals surface area contributed by atoms with E-state index in [1.165, 1.54) is 16.7 Å². The summed E-state index contributed by atoms with van der Waals surface area (Å²) in [4.78, 5) is 42.2. The van der Waals surface area contributed by atoms with Crippen LogP contribution in [0.3, 0.4) is 0 Å². The van der Waals surface area contributed by atoms with E-state index in [9.17, 15) is 14.4 Å². The minimum Gasteiger partial charge on any atom is -0.457 e. The van der Waals surface area contributed by atoms with Crippen molar-refractivity contribution in [3.8, 4) is 11.5 Å². The highest BCUT2D eigenvalue weighted by molar-refractivity contribution is 8.01. The molecule has 12 heteroatoms. The molecule has 2 heterocycles. The Kier molecular flexibility index (Phi) is 7.78. The molecule has 0 saturated carbocycles. The standard InChI is InChI=1S/C33H36FN5O5S/c1-32(2,3)44-31(42)39-15-21(34)23(16-39)38-30(41)28-25-24-20(13-14-22(35)27(24)45-28)33(37,29(40)26(25)36)17-9-11-19(12-10-17)43-18-7-5-4-6-8-18/h4-14,21,23,25-26,28H,15-16,35-37H2,1-3H3,(H,38,41)/t21-,23-,25?,26?,28?,33?/m0/s1. The number of thioether (sulfide) groups is 1. The number of nitrogen functional groups attached to an aromatic ring is 1. The molecule has 10 nitrogen and oxygen atoms in total. The van der Waals surface area contributed by atoms with Gasteiger partial charge in [-0.15, -0.1) is 11.8 Å². The molecule has 3 aliphatic rings. The fourth-order valence-electron chi connectivity index (χ4n) is 6.27. The van der Waals surface area contributed by atoms with Crippen molar-refractivity contribution in [1.29, 1.82) is 0 Å². The molecule has 0 spiro atoms. The number of nitrogens with one attached hydrogen (secondary N) is 1. The van der Waals surface area contributed by atoms with Gasteiger partial charge in [-0.25, -0.2) is 9.18 Å². The van der Waals surface area contributed by atoms with Gasteiger partial charge in [-0.1, -0.05) is 36.4 Å². The summed E-state index contributed by atoms with van der Waals surface area (Å²) in [6.45, 7) is 4.92. The van der Waals surface area contributed by atoms with E-state index in [4.69, 9.17) is 26.7 Å². The maximum absolute atomic E-state index is 15.0. The van der Waals surface area contributed by atoms with Crippen molar-refractivity contribution < 1.29 is 28.2 Å². The molecule has 1 fully saturated rings. The first-order valence-electron chi connectivity index (χ1n) is 14.7. The van der Waals surface area contributed by atoms with Gasteiger partial charge in [0.25, 0.3) is 0 Å². The van der Waals surface area contributed by atoms with Crippen LogP contribution in [0.25, 0.3) is 0 Å². The van der Waals surface area contributed by atoms with E-state index >= 15 is 4.39 Å².